The molecule has 2 aliphatic rings. The number of hydrogen-bond acceptors (Lipinski definition) is 3. The molecule has 3 nitrogen and oxygen atoms in total. The lowest BCUT2D eigenvalue weighted by molar-refractivity contribution is 0.389. The summed E-state index contributed by atoms with van der Waals surface area (Å²) in [5.41, 5.74) is 10.4. The molecule has 158 valence electrons. The lowest BCUT2D eigenvalue weighted by atomic mass is 10.0. The Morgan fingerprint density at radius 3 is 2.30 bits per heavy atom. The smallest absolute Gasteiger partial charge is 0.227 e. The van der Waals surface area contributed by atoms with Crippen molar-refractivity contribution < 1.29 is 9.15 Å². The first kappa shape index (κ1) is 19.4. The third-order valence-electron chi connectivity index (χ3n) is 5.85. The van der Waals surface area contributed by atoms with Gasteiger partial charge in [0, 0.05) is 16.7 Å². The number of oxazole rings is 1. The molecule has 0 N–H and O–H groups in total. The number of allylic oxidation sites excluding steroid dienone is 4. The van der Waals surface area contributed by atoms with Crippen molar-refractivity contribution in [2.24, 2.45) is 0 Å². The van der Waals surface area contributed by atoms with Crippen LogP contribution in [0.4, 0.5) is 0 Å². The highest BCUT2D eigenvalue weighted by Crippen LogP contribution is 2.30. The fourth-order valence-electron chi connectivity index (χ4n) is 4.01. The van der Waals surface area contributed by atoms with Gasteiger partial charge in [-0.3, -0.25) is 0 Å². The quantitative estimate of drug-likeness (QED) is 0.246. The summed E-state index contributed by atoms with van der Waals surface area (Å²) in [6, 6.07) is 24.4. The van der Waals surface area contributed by atoms with E-state index < -0.39 is 0 Å². The van der Waals surface area contributed by atoms with Crippen molar-refractivity contribution in [1.29, 1.82) is 0 Å². The zero-order chi connectivity index (χ0) is 22.0. The van der Waals surface area contributed by atoms with Crippen LogP contribution in [0.15, 0.2) is 113 Å². The molecule has 0 fully saturated rings. The molecule has 6 rings (SSSR count). The number of rotatable bonds is 4. The predicted molar refractivity (Wildman–Crippen MR) is 133 cm³/mol. The number of aromatic nitrogens is 1. The zero-order valence-electron chi connectivity index (χ0n) is 18.0. The highest BCUT2D eigenvalue weighted by molar-refractivity contribution is 5.77. The lowest BCUT2D eigenvalue weighted by Crippen LogP contribution is -2.01. The van der Waals surface area contributed by atoms with Crippen LogP contribution in [0.25, 0.3) is 40.5 Å². The Bertz CT molecular complexity index is 1460. The molecule has 1 aromatic heterocycles. The van der Waals surface area contributed by atoms with E-state index in [0.29, 0.717) is 5.89 Å². The maximum atomic E-state index is 6.05. The van der Waals surface area contributed by atoms with E-state index in [9.17, 15) is 0 Å². The number of hydrogen-bond donors (Lipinski definition) is 0. The van der Waals surface area contributed by atoms with E-state index in [-0.39, 0.29) is 0 Å². The summed E-state index contributed by atoms with van der Waals surface area (Å²) in [6.07, 6.45) is 12.6. The molecule has 1 aliphatic heterocycles. The van der Waals surface area contributed by atoms with Crippen molar-refractivity contribution in [2.45, 2.75) is 12.8 Å². The molecule has 1 aliphatic carbocycles. The van der Waals surface area contributed by atoms with Gasteiger partial charge in [-0.15, -0.1) is 0 Å². The summed E-state index contributed by atoms with van der Waals surface area (Å²) < 4.78 is 11.9. The fourth-order valence-corrected chi connectivity index (χ4v) is 4.01. The van der Waals surface area contributed by atoms with Gasteiger partial charge in [0.05, 0.1) is 0 Å². The molecular formula is C30H21NO2. The second-order valence-corrected chi connectivity index (χ2v) is 8.11. The minimum atomic E-state index is 0.641. The van der Waals surface area contributed by atoms with E-state index in [0.717, 1.165) is 57.7 Å². The number of benzene rings is 3. The molecule has 3 aromatic carbocycles. The van der Waals surface area contributed by atoms with Crippen molar-refractivity contribution in [1.82, 2.24) is 4.98 Å². The highest BCUT2D eigenvalue weighted by Gasteiger charge is 2.14. The van der Waals surface area contributed by atoms with Gasteiger partial charge in [0.2, 0.25) is 5.89 Å². The SMILES string of the molecule is C1=CC2=C(C=CCC2)OC=1c1ccc(C=Cc2ccc(-c3nc4ccccc4o3)cc2)cc1. The van der Waals surface area contributed by atoms with Crippen LogP contribution in [0.5, 0.6) is 0 Å². The van der Waals surface area contributed by atoms with Crippen LogP contribution in [-0.2, 0) is 4.74 Å². The van der Waals surface area contributed by atoms with Gasteiger partial charge < -0.3 is 9.15 Å². The van der Waals surface area contributed by atoms with Crippen LogP contribution in [0.3, 0.4) is 0 Å². The Kier molecular flexibility index (Phi) is 4.88. The summed E-state index contributed by atoms with van der Waals surface area (Å²) in [6.45, 7) is 0. The zero-order valence-corrected chi connectivity index (χ0v) is 18.0. The van der Waals surface area contributed by atoms with Crippen LogP contribution in [0.1, 0.15) is 29.5 Å². The Balaban J connectivity index is 1.16. The topological polar surface area (TPSA) is 35.3 Å². The Labute approximate surface area is 192 Å². The number of nitrogens with zero attached hydrogens (tertiary/aromatic N) is 1. The van der Waals surface area contributed by atoms with Gasteiger partial charge in [0.15, 0.2) is 11.3 Å². The van der Waals surface area contributed by atoms with Gasteiger partial charge in [0.1, 0.15) is 11.3 Å². The first-order valence-electron chi connectivity index (χ1n) is 11.1. The van der Waals surface area contributed by atoms with Crippen LogP contribution in [0, 0.1) is 0 Å². The second-order valence-electron chi connectivity index (χ2n) is 8.11. The monoisotopic (exact) mass is 427 g/mol. The van der Waals surface area contributed by atoms with Gasteiger partial charge in [-0.1, -0.05) is 60.4 Å². The molecule has 0 radical (unpaired) electrons. The summed E-state index contributed by atoms with van der Waals surface area (Å²) in [4.78, 5) is 4.56. The number of fused-ring (bicyclic) bond motifs is 1. The molecule has 0 amide bonds. The summed E-state index contributed by atoms with van der Waals surface area (Å²) in [7, 11) is 0. The first-order chi connectivity index (χ1) is 16.3. The van der Waals surface area contributed by atoms with Crippen LogP contribution in [0.2, 0.25) is 0 Å². The molecule has 0 saturated heterocycles. The molecule has 0 atom stereocenters. The molecule has 4 aromatic rings. The lowest BCUT2D eigenvalue weighted by Gasteiger charge is -2.18. The molecule has 2 heterocycles. The maximum Gasteiger partial charge on any atom is 0.227 e. The van der Waals surface area contributed by atoms with Crippen LogP contribution in [-0.4, -0.2) is 4.98 Å². The molecule has 0 spiro atoms. The van der Waals surface area contributed by atoms with Crippen molar-refractivity contribution in [2.75, 3.05) is 0 Å². The normalized spacial score (nSPS) is 15.1. The Hall–Kier alpha value is -4.33. The van der Waals surface area contributed by atoms with Crippen LogP contribution < -0.4 is 0 Å². The Morgan fingerprint density at radius 2 is 1.55 bits per heavy atom. The van der Waals surface area contributed by atoms with Gasteiger partial charge in [-0.05, 0) is 72.5 Å². The maximum absolute atomic E-state index is 6.05. The minimum Gasteiger partial charge on any atom is -0.448 e. The summed E-state index contributed by atoms with van der Waals surface area (Å²) >= 11 is 0. The van der Waals surface area contributed by atoms with Gasteiger partial charge in [-0.2, -0.15) is 0 Å². The van der Waals surface area contributed by atoms with Gasteiger partial charge >= 0.3 is 0 Å². The Morgan fingerprint density at radius 1 is 0.818 bits per heavy atom. The van der Waals surface area contributed by atoms with Gasteiger partial charge in [0.25, 0.3) is 0 Å². The molecular weight excluding hydrogens is 406 g/mol. The second kappa shape index (κ2) is 8.31. The van der Waals surface area contributed by atoms with Crippen LogP contribution >= 0.6 is 0 Å². The number of ether oxygens (including phenoxy) is 1. The summed E-state index contributed by atoms with van der Waals surface area (Å²) in [5, 5.41) is 0. The number of para-hydroxylation sites is 2. The molecule has 0 bridgehead atoms. The van der Waals surface area contributed by atoms with E-state index in [1.807, 2.05) is 36.4 Å². The third kappa shape index (κ3) is 3.98. The first-order valence-corrected chi connectivity index (χ1v) is 11.1. The van der Waals surface area contributed by atoms with E-state index in [4.69, 9.17) is 9.15 Å². The van der Waals surface area contributed by atoms with Crippen molar-refractivity contribution >= 4 is 29.0 Å². The van der Waals surface area contributed by atoms with E-state index in [2.05, 4.69) is 77.5 Å². The van der Waals surface area contributed by atoms with Crippen molar-refractivity contribution in [3.05, 3.63) is 125 Å². The summed E-state index contributed by atoms with van der Waals surface area (Å²) in [5.74, 6) is 2.35. The third-order valence-corrected chi connectivity index (χ3v) is 5.85. The van der Waals surface area contributed by atoms with Crippen molar-refractivity contribution in [3.63, 3.8) is 0 Å². The predicted octanol–water partition coefficient (Wildman–Crippen LogP) is 7.80. The molecule has 0 saturated carbocycles. The average molecular weight is 428 g/mol. The van der Waals surface area contributed by atoms with Gasteiger partial charge in [-0.25, -0.2) is 4.98 Å². The van der Waals surface area contributed by atoms with Crippen molar-refractivity contribution in [3.8, 4) is 11.5 Å². The highest BCUT2D eigenvalue weighted by atomic mass is 16.5. The minimum absolute atomic E-state index is 0.641. The molecule has 33 heavy (non-hydrogen) atoms. The standard InChI is InChI=1S/C30H21NO2/c1-3-7-27-23(5-1)19-20-28(32-27)24-15-11-21(12-16-24)9-10-22-13-17-25(18-14-22)30-31-26-6-2-4-8-29(26)33-30/h2-4,6-19H,1,5H2. The molecule has 0 unspecified atom stereocenters. The van der Waals surface area contributed by atoms with E-state index >= 15 is 0 Å². The largest absolute Gasteiger partial charge is 0.448 e. The average Bonchev–Trinajstić information content (AvgIpc) is 3.32. The van der Waals surface area contributed by atoms with E-state index in [1.165, 1.54) is 5.57 Å². The fraction of sp³-hybridized carbons (Fsp3) is 0.0667. The molecule has 3 heteroatoms. The van der Waals surface area contributed by atoms with E-state index in [1.54, 1.807) is 0 Å².